The van der Waals surface area contributed by atoms with Crippen molar-refractivity contribution in [3.8, 4) is 5.88 Å². The first-order valence-corrected chi connectivity index (χ1v) is 9.22. The molecule has 1 aromatic heterocycles. The van der Waals surface area contributed by atoms with Crippen LogP contribution in [-0.2, 0) is 23.1 Å². The maximum absolute atomic E-state index is 12.0. The molecule has 1 aromatic rings. The second kappa shape index (κ2) is 9.02. The molecule has 148 valence electrons. The van der Waals surface area contributed by atoms with Crippen molar-refractivity contribution in [2.24, 2.45) is 0 Å². The number of rotatable bonds is 9. The Hall–Kier alpha value is -1.37. The van der Waals surface area contributed by atoms with Gasteiger partial charge >= 0.3 is 13.5 Å². The molecule has 1 aliphatic rings. The first kappa shape index (κ1) is 20.9. The van der Waals surface area contributed by atoms with Crippen LogP contribution in [0.25, 0.3) is 0 Å². The quantitative estimate of drug-likeness (QED) is 0.315. The number of aromatic nitrogens is 2. The topological polar surface area (TPSA) is 173 Å². The van der Waals surface area contributed by atoms with Crippen LogP contribution in [0.1, 0.15) is 13.2 Å². The zero-order valence-corrected chi connectivity index (χ0v) is 14.7. The van der Waals surface area contributed by atoms with Crippen molar-refractivity contribution in [3.63, 3.8) is 0 Å². The molecule has 1 fully saturated rings. The van der Waals surface area contributed by atoms with E-state index in [1.54, 1.807) is 6.92 Å². The first-order valence-electron chi connectivity index (χ1n) is 7.73. The molecular formula is C13H20N2O10P-. The van der Waals surface area contributed by atoms with Crippen LogP contribution in [0.5, 0.6) is 5.88 Å². The Morgan fingerprint density at radius 1 is 1.46 bits per heavy atom. The molecule has 5 atom stereocenters. The normalized spacial score (nSPS) is 28.2. The summed E-state index contributed by atoms with van der Waals surface area (Å²) in [6.45, 7) is 1.30. The Morgan fingerprint density at radius 3 is 2.81 bits per heavy atom. The number of phosphoric acid groups is 1. The molecule has 2 rings (SSSR count). The highest BCUT2D eigenvalue weighted by Crippen LogP contribution is 2.48. The number of nitrogens with zero attached hydrogens (tertiary/aromatic N) is 2. The van der Waals surface area contributed by atoms with Gasteiger partial charge in [-0.3, -0.25) is 13.6 Å². The fraction of sp³-hybridized carbons (Fsp3) is 0.692. The van der Waals surface area contributed by atoms with E-state index in [1.807, 2.05) is 0 Å². The third-order valence-electron chi connectivity index (χ3n) is 3.51. The lowest BCUT2D eigenvalue weighted by Crippen LogP contribution is -2.37. The predicted octanol–water partition coefficient (Wildman–Crippen LogP) is -1.89. The Morgan fingerprint density at radius 2 is 2.19 bits per heavy atom. The zero-order chi connectivity index (χ0) is 19.3. The summed E-state index contributed by atoms with van der Waals surface area (Å²) in [7, 11) is -4.59. The van der Waals surface area contributed by atoms with Crippen molar-refractivity contribution >= 4 is 7.82 Å². The van der Waals surface area contributed by atoms with Gasteiger partial charge in [-0.15, -0.1) is 0 Å². The average Bonchev–Trinajstić information content (AvgIpc) is 2.87. The molecular weight excluding hydrogens is 375 g/mol. The number of aliphatic hydroxyl groups is 2. The molecule has 0 saturated carbocycles. The molecule has 1 unspecified atom stereocenters. The van der Waals surface area contributed by atoms with Gasteiger partial charge in [-0.05, 0) is 18.9 Å². The minimum Gasteiger partial charge on any atom is -0.858 e. The molecule has 1 aliphatic heterocycles. The fourth-order valence-corrected chi connectivity index (χ4v) is 3.29. The number of hydrogen-bond acceptors (Lipinski definition) is 10. The lowest BCUT2D eigenvalue weighted by molar-refractivity contribution is -0.275. The number of aliphatic hydroxyl groups excluding tert-OH is 2. The second-order valence-electron chi connectivity index (χ2n) is 5.26. The van der Waals surface area contributed by atoms with Gasteiger partial charge in [0, 0.05) is 12.8 Å². The molecule has 0 spiro atoms. The van der Waals surface area contributed by atoms with E-state index in [-0.39, 0.29) is 13.2 Å². The van der Waals surface area contributed by atoms with Gasteiger partial charge < -0.3 is 29.7 Å². The minimum absolute atomic E-state index is 0.0583. The smallest absolute Gasteiger partial charge is 0.472 e. The molecule has 12 nitrogen and oxygen atoms in total. The van der Waals surface area contributed by atoms with Gasteiger partial charge in [0.1, 0.15) is 18.3 Å². The SMILES string of the molecule is CCOCCOP(=O)(O)O[C@H]1[C@@H](O)[C@H](n2ccc([O-])nc2=O)O[C@@H]1CO. The van der Waals surface area contributed by atoms with Crippen LogP contribution >= 0.6 is 7.82 Å². The van der Waals surface area contributed by atoms with E-state index in [9.17, 15) is 29.6 Å². The van der Waals surface area contributed by atoms with E-state index < -0.39 is 50.5 Å². The Labute approximate surface area is 148 Å². The molecule has 0 radical (unpaired) electrons. The lowest BCUT2D eigenvalue weighted by Gasteiger charge is -2.22. The van der Waals surface area contributed by atoms with Gasteiger partial charge in [-0.1, -0.05) is 0 Å². The first-order chi connectivity index (χ1) is 12.3. The molecule has 13 heteroatoms. The maximum Gasteiger partial charge on any atom is 0.472 e. The van der Waals surface area contributed by atoms with Crippen LogP contribution in [0.3, 0.4) is 0 Å². The van der Waals surface area contributed by atoms with Gasteiger partial charge in [-0.25, -0.2) is 14.3 Å². The zero-order valence-electron chi connectivity index (χ0n) is 13.8. The summed E-state index contributed by atoms with van der Waals surface area (Å²) in [4.78, 5) is 24.7. The Kier molecular flexibility index (Phi) is 7.26. The summed E-state index contributed by atoms with van der Waals surface area (Å²) in [5.74, 6) is -0.771. The summed E-state index contributed by atoms with van der Waals surface area (Å²) in [5.41, 5.74) is -0.987. The van der Waals surface area contributed by atoms with Crippen molar-refractivity contribution in [1.29, 1.82) is 0 Å². The summed E-state index contributed by atoms with van der Waals surface area (Å²) >= 11 is 0. The van der Waals surface area contributed by atoms with Gasteiger partial charge in [-0.2, -0.15) is 0 Å². The highest BCUT2D eigenvalue weighted by molar-refractivity contribution is 7.47. The van der Waals surface area contributed by atoms with Crippen molar-refractivity contribution in [1.82, 2.24) is 9.55 Å². The van der Waals surface area contributed by atoms with Crippen molar-refractivity contribution in [2.45, 2.75) is 31.5 Å². The third-order valence-corrected chi connectivity index (χ3v) is 4.53. The van der Waals surface area contributed by atoms with Gasteiger partial charge in [0.05, 0.1) is 19.8 Å². The highest BCUT2D eigenvalue weighted by Gasteiger charge is 2.48. The van der Waals surface area contributed by atoms with Crippen molar-refractivity contribution in [3.05, 3.63) is 22.7 Å². The molecule has 26 heavy (non-hydrogen) atoms. The number of phosphoric ester groups is 1. The van der Waals surface area contributed by atoms with Crippen molar-refractivity contribution < 1.29 is 43.3 Å². The average molecular weight is 395 g/mol. The standard InChI is InChI=1S/C13H21N2O10P/c1-2-22-5-6-23-26(20,21)25-11-8(7-16)24-12(10(11)18)15-4-3-9(17)14-13(15)19/h3-4,8,10-12,16,18H,2,5-7H2,1H3,(H,20,21)(H,14,17,19)/p-1/t8-,10-,11-,12-/m1/s1. The largest absolute Gasteiger partial charge is 0.858 e. The summed E-state index contributed by atoms with van der Waals surface area (Å²) in [6, 6.07) is 0.980. The van der Waals surface area contributed by atoms with Gasteiger partial charge in [0.15, 0.2) is 6.23 Å². The van der Waals surface area contributed by atoms with E-state index >= 15 is 0 Å². The monoisotopic (exact) mass is 395 g/mol. The fourth-order valence-electron chi connectivity index (χ4n) is 2.36. The van der Waals surface area contributed by atoms with Crippen LogP contribution in [0.2, 0.25) is 0 Å². The molecule has 3 N–H and O–H groups in total. The molecule has 0 aromatic carbocycles. The summed E-state index contributed by atoms with van der Waals surface area (Å²) in [5, 5.41) is 30.8. The molecule has 2 heterocycles. The number of hydrogen-bond donors (Lipinski definition) is 3. The van der Waals surface area contributed by atoms with Gasteiger partial charge in [0.2, 0.25) is 0 Å². The van der Waals surface area contributed by atoms with E-state index in [1.165, 1.54) is 0 Å². The maximum atomic E-state index is 12.0. The second-order valence-corrected chi connectivity index (χ2v) is 6.67. The molecule has 1 saturated heterocycles. The van der Waals surface area contributed by atoms with Crippen LogP contribution in [0.4, 0.5) is 0 Å². The summed E-state index contributed by atoms with van der Waals surface area (Å²) in [6.07, 6.45) is -4.61. The Bertz CT molecular complexity index is 698. The number of ether oxygens (including phenoxy) is 2. The minimum atomic E-state index is -4.59. The molecule has 0 bridgehead atoms. The predicted molar refractivity (Wildman–Crippen MR) is 82.1 cm³/mol. The van der Waals surface area contributed by atoms with Crippen LogP contribution in [0, 0.1) is 0 Å². The molecule has 0 aliphatic carbocycles. The Balaban J connectivity index is 2.10. The summed E-state index contributed by atoms with van der Waals surface area (Å²) < 4.78 is 32.7. The highest BCUT2D eigenvalue weighted by atomic mass is 31.2. The third kappa shape index (κ3) is 5.09. The van der Waals surface area contributed by atoms with Crippen LogP contribution < -0.4 is 10.8 Å². The van der Waals surface area contributed by atoms with E-state index in [0.717, 1.165) is 16.8 Å². The van der Waals surface area contributed by atoms with Crippen LogP contribution in [0.15, 0.2) is 17.1 Å². The van der Waals surface area contributed by atoms with E-state index in [0.29, 0.717) is 6.61 Å². The van der Waals surface area contributed by atoms with Gasteiger partial charge in [0.25, 0.3) is 0 Å². The molecule has 0 amide bonds. The van der Waals surface area contributed by atoms with E-state index in [2.05, 4.69) is 4.98 Å². The van der Waals surface area contributed by atoms with Crippen LogP contribution in [-0.4, -0.2) is 69.4 Å². The van der Waals surface area contributed by atoms with Crippen molar-refractivity contribution in [2.75, 3.05) is 26.4 Å². The lowest BCUT2D eigenvalue weighted by atomic mass is 10.1. The van der Waals surface area contributed by atoms with E-state index in [4.69, 9.17) is 18.5 Å².